The molecule has 0 aliphatic heterocycles. The van der Waals surface area contributed by atoms with Gasteiger partial charge in [-0.2, -0.15) is 0 Å². The molecule has 59 heavy (non-hydrogen) atoms. The number of hydrogen-bond donors (Lipinski definition) is 0. The fourth-order valence-corrected chi connectivity index (χ4v) is 7.99. The van der Waals surface area contributed by atoms with Gasteiger partial charge >= 0.3 is 17.9 Å². The van der Waals surface area contributed by atoms with Gasteiger partial charge in [0.15, 0.2) is 6.10 Å². The average Bonchev–Trinajstić information content (AvgIpc) is 3.20. The third-order valence-corrected chi connectivity index (χ3v) is 12.0. The Balaban J connectivity index is 4.16. The molecule has 0 saturated carbocycles. The number of carbonyl (C=O) groups excluding carboxylic acids is 3. The van der Waals surface area contributed by atoms with Crippen molar-refractivity contribution in [2.24, 2.45) is 11.8 Å². The molecule has 0 radical (unpaired) electrons. The molecule has 0 aliphatic carbocycles. The van der Waals surface area contributed by atoms with Gasteiger partial charge in [0.1, 0.15) is 13.2 Å². The molecule has 0 saturated heterocycles. The van der Waals surface area contributed by atoms with Crippen LogP contribution in [0.3, 0.4) is 0 Å². The minimum Gasteiger partial charge on any atom is -0.462 e. The summed E-state index contributed by atoms with van der Waals surface area (Å²) in [7, 11) is 0. The summed E-state index contributed by atoms with van der Waals surface area (Å²) in [5, 5.41) is 0. The molecule has 0 aromatic carbocycles. The molecule has 0 fully saturated rings. The van der Waals surface area contributed by atoms with Crippen LogP contribution in [-0.2, 0) is 28.6 Å². The van der Waals surface area contributed by atoms with Gasteiger partial charge < -0.3 is 14.2 Å². The molecule has 0 aromatic heterocycles. The topological polar surface area (TPSA) is 78.9 Å². The minimum atomic E-state index is -0.761. The smallest absolute Gasteiger partial charge is 0.306 e. The van der Waals surface area contributed by atoms with Gasteiger partial charge in [-0.05, 0) is 31.1 Å². The Hall–Kier alpha value is -1.59. The highest BCUT2D eigenvalue weighted by Gasteiger charge is 2.19. The van der Waals surface area contributed by atoms with Crippen LogP contribution in [0.2, 0.25) is 0 Å². The summed E-state index contributed by atoms with van der Waals surface area (Å²) in [6, 6.07) is 0. The lowest BCUT2D eigenvalue weighted by atomic mass is 10.0. The lowest BCUT2D eigenvalue weighted by Gasteiger charge is -2.18. The summed E-state index contributed by atoms with van der Waals surface area (Å²) >= 11 is 0. The zero-order valence-corrected chi connectivity index (χ0v) is 40.4. The van der Waals surface area contributed by atoms with E-state index in [0.717, 1.165) is 69.6 Å². The van der Waals surface area contributed by atoms with Gasteiger partial charge in [-0.3, -0.25) is 14.4 Å². The van der Waals surface area contributed by atoms with Crippen LogP contribution in [0.5, 0.6) is 0 Å². The SMILES string of the molecule is CCCCCCCCCCCCC(=O)OC[C@@H](COC(=O)CCCCCCCCCCCCCCCCCCCCC(C)C)OC(=O)CCCCCCCCCC(C)C. The summed E-state index contributed by atoms with van der Waals surface area (Å²) in [5.41, 5.74) is 0. The molecule has 0 amide bonds. The highest BCUT2D eigenvalue weighted by Crippen LogP contribution is 2.17. The van der Waals surface area contributed by atoms with Gasteiger partial charge in [-0.25, -0.2) is 0 Å². The number of ether oxygens (including phenoxy) is 3. The zero-order valence-electron chi connectivity index (χ0n) is 40.4. The van der Waals surface area contributed by atoms with Crippen molar-refractivity contribution in [3.05, 3.63) is 0 Å². The van der Waals surface area contributed by atoms with Crippen LogP contribution in [0.15, 0.2) is 0 Å². The first-order chi connectivity index (χ1) is 28.7. The number of esters is 3. The second kappa shape index (κ2) is 45.9. The van der Waals surface area contributed by atoms with Crippen molar-refractivity contribution in [3.63, 3.8) is 0 Å². The lowest BCUT2D eigenvalue weighted by Crippen LogP contribution is -2.30. The third-order valence-electron chi connectivity index (χ3n) is 12.0. The van der Waals surface area contributed by atoms with Crippen molar-refractivity contribution in [1.82, 2.24) is 0 Å². The number of unbranched alkanes of at least 4 members (excludes halogenated alkanes) is 32. The van der Waals surface area contributed by atoms with E-state index in [1.54, 1.807) is 0 Å². The summed E-state index contributed by atoms with van der Waals surface area (Å²) in [4.78, 5) is 37.8. The normalized spacial score (nSPS) is 12.1. The van der Waals surface area contributed by atoms with Gasteiger partial charge in [-0.15, -0.1) is 0 Å². The maximum atomic E-state index is 12.7. The Morgan fingerprint density at radius 3 is 0.831 bits per heavy atom. The van der Waals surface area contributed by atoms with Gasteiger partial charge in [0.05, 0.1) is 0 Å². The highest BCUT2D eigenvalue weighted by atomic mass is 16.6. The molecule has 0 spiro atoms. The number of hydrogen-bond acceptors (Lipinski definition) is 6. The largest absolute Gasteiger partial charge is 0.462 e. The summed E-state index contributed by atoms with van der Waals surface area (Å²) < 4.78 is 16.8. The van der Waals surface area contributed by atoms with Crippen molar-refractivity contribution in [1.29, 1.82) is 0 Å². The molecule has 0 aliphatic rings. The van der Waals surface area contributed by atoms with Crippen molar-refractivity contribution >= 4 is 17.9 Å². The first kappa shape index (κ1) is 57.4. The molecule has 0 heterocycles. The van der Waals surface area contributed by atoms with Crippen LogP contribution in [-0.4, -0.2) is 37.2 Å². The minimum absolute atomic E-state index is 0.0643. The Bertz CT molecular complexity index is 900. The Morgan fingerprint density at radius 1 is 0.322 bits per heavy atom. The molecule has 0 aromatic rings. The fraction of sp³-hybridized carbons (Fsp3) is 0.943. The van der Waals surface area contributed by atoms with Gasteiger partial charge in [0.2, 0.25) is 0 Å². The van der Waals surface area contributed by atoms with Crippen LogP contribution >= 0.6 is 0 Å². The second-order valence-electron chi connectivity index (χ2n) is 19.1. The Labute approximate surface area is 368 Å². The summed E-state index contributed by atoms with van der Waals surface area (Å²) in [6.07, 6.45) is 46.8. The molecule has 6 heteroatoms. The zero-order chi connectivity index (χ0) is 43.3. The van der Waals surface area contributed by atoms with Crippen LogP contribution in [0.1, 0.15) is 291 Å². The Kier molecular flexibility index (Phi) is 44.7. The van der Waals surface area contributed by atoms with E-state index in [9.17, 15) is 14.4 Å². The van der Waals surface area contributed by atoms with E-state index in [0.29, 0.717) is 19.3 Å². The van der Waals surface area contributed by atoms with Crippen molar-refractivity contribution in [3.8, 4) is 0 Å². The maximum Gasteiger partial charge on any atom is 0.306 e. The molecule has 0 unspecified atom stereocenters. The van der Waals surface area contributed by atoms with E-state index < -0.39 is 6.10 Å². The molecule has 0 rings (SSSR count). The van der Waals surface area contributed by atoms with Crippen molar-refractivity contribution in [2.75, 3.05) is 13.2 Å². The molecule has 350 valence electrons. The number of carbonyl (C=O) groups is 3. The fourth-order valence-electron chi connectivity index (χ4n) is 7.99. The molecular formula is C53H102O6. The van der Waals surface area contributed by atoms with E-state index in [1.165, 1.54) is 180 Å². The average molecular weight is 835 g/mol. The third kappa shape index (κ3) is 47.3. The predicted molar refractivity (Wildman–Crippen MR) is 252 cm³/mol. The molecule has 0 bridgehead atoms. The predicted octanol–water partition coefficient (Wildman–Crippen LogP) is 16.9. The molecular weight excluding hydrogens is 733 g/mol. The van der Waals surface area contributed by atoms with Crippen LogP contribution in [0.25, 0.3) is 0 Å². The Morgan fingerprint density at radius 2 is 0.559 bits per heavy atom. The summed E-state index contributed by atoms with van der Waals surface area (Å²) in [5.74, 6) is 0.784. The van der Waals surface area contributed by atoms with E-state index in [-0.39, 0.29) is 31.1 Å². The van der Waals surface area contributed by atoms with E-state index in [2.05, 4.69) is 34.6 Å². The quantitative estimate of drug-likeness (QED) is 0.0345. The highest BCUT2D eigenvalue weighted by molar-refractivity contribution is 5.71. The van der Waals surface area contributed by atoms with Crippen molar-refractivity contribution < 1.29 is 28.6 Å². The van der Waals surface area contributed by atoms with Gasteiger partial charge in [0, 0.05) is 19.3 Å². The second-order valence-corrected chi connectivity index (χ2v) is 19.1. The van der Waals surface area contributed by atoms with Crippen LogP contribution in [0.4, 0.5) is 0 Å². The van der Waals surface area contributed by atoms with Gasteiger partial charge in [-0.1, -0.05) is 253 Å². The monoisotopic (exact) mass is 835 g/mol. The van der Waals surface area contributed by atoms with Gasteiger partial charge in [0.25, 0.3) is 0 Å². The van der Waals surface area contributed by atoms with E-state index >= 15 is 0 Å². The standard InChI is InChI=1S/C53H102O6/c1-6-7-8-9-10-11-23-28-33-38-43-51(54)57-46-50(59-53(56)45-40-35-30-25-27-32-37-42-49(4)5)47-58-52(55)44-39-34-29-24-21-19-17-15-13-12-14-16-18-20-22-26-31-36-41-48(2)3/h48-50H,6-47H2,1-5H3/t50-/m0/s1. The number of rotatable bonds is 47. The first-order valence-corrected chi connectivity index (χ1v) is 26.2. The molecule has 6 nitrogen and oxygen atoms in total. The van der Waals surface area contributed by atoms with E-state index in [1.807, 2.05) is 0 Å². The maximum absolute atomic E-state index is 12.7. The lowest BCUT2D eigenvalue weighted by molar-refractivity contribution is -0.167. The first-order valence-electron chi connectivity index (χ1n) is 26.2. The van der Waals surface area contributed by atoms with E-state index in [4.69, 9.17) is 14.2 Å². The summed E-state index contributed by atoms with van der Waals surface area (Å²) in [6.45, 7) is 11.3. The van der Waals surface area contributed by atoms with Crippen LogP contribution in [0, 0.1) is 11.8 Å². The van der Waals surface area contributed by atoms with Crippen LogP contribution < -0.4 is 0 Å². The van der Waals surface area contributed by atoms with Crippen molar-refractivity contribution in [2.45, 2.75) is 298 Å². The molecule has 1 atom stereocenters. The molecule has 0 N–H and O–H groups in total.